The van der Waals surface area contributed by atoms with E-state index in [1.165, 1.54) is 0 Å². The molecule has 4 heteroatoms. The van der Waals surface area contributed by atoms with E-state index < -0.39 is 0 Å². The summed E-state index contributed by atoms with van der Waals surface area (Å²) >= 11 is 3.29. The molecule has 0 fully saturated rings. The zero-order valence-corrected chi connectivity index (χ0v) is 10.5. The largest absolute Gasteiger partial charge is 0.506 e. The molecule has 0 unspecified atom stereocenters. The van der Waals surface area contributed by atoms with E-state index in [1.807, 2.05) is 26.0 Å². The van der Waals surface area contributed by atoms with Crippen molar-refractivity contribution in [1.29, 1.82) is 0 Å². The van der Waals surface area contributed by atoms with Crippen molar-refractivity contribution in [2.45, 2.75) is 26.4 Å². The van der Waals surface area contributed by atoms with E-state index in [0.29, 0.717) is 11.0 Å². The molecular formula is C11H16BrNO2. The highest BCUT2D eigenvalue weighted by Gasteiger charge is 2.07. The number of hydrogen-bond donors (Lipinski definition) is 3. The molecule has 1 atom stereocenters. The van der Waals surface area contributed by atoms with Crippen LogP contribution in [0.4, 0.5) is 0 Å². The van der Waals surface area contributed by atoms with Crippen LogP contribution in [-0.2, 0) is 6.54 Å². The Morgan fingerprint density at radius 1 is 1.47 bits per heavy atom. The first kappa shape index (κ1) is 12.5. The molecule has 0 aliphatic carbocycles. The average Bonchev–Trinajstić information content (AvgIpc) is 2.20. The van der Waals surface area contributed by atoms with Crippen molar-refractivity contribution in [2.24, 2.45) is 0 Å². The Bertz CT molecular complexity index is 342. The third-order valence-corrected chi connectivity index (χ3v) is 2.81. The zero-order valence-electron chi connectivity index (χ0n) is 8.92. The van der Waals surface area contributed by atoms with Crippen LogP contribution in [0.15, 0.2) is 16.6 Å². The van der Waals surface area contributed by atoms with Gasteiger partial charge in [-0.15, -0.1) is 0 Å². The van der Waals surface area contributed by atoms with E-state index >= 15 is 0 Å². The quantitative estimate of drug-likeness (QED) is 0.786. The molecule has 15 heavy (non-hydrogen) atoms. The number of nitrogens with one attached hydrogen (secondary N) is 1. The molecule has 1 aromatic carbocycles. The van der Waals surface area contributed by atoms with E-state index in [9.17, 15) is 5.11 Å². The monoisotopic (exact) mass is 273 g/mol. The smallest absolute Gasteiger partial charge is 0.134 e. The van der Waals surface area contributed by atoms with Crippen LogP contribution in [0.1, 0.15) is 18.1 Å². The number of phenols is 1. The van der Waals surface area contributed by atoms with Crippen LogP contribution in [0.3, 0.4) is 0 Å². The fourth-order valence-electron chi connectivity index (χ4n) is 1.29. The summed E-state index contributed by atoms with van der Waals surface area (Å²) < 4.78 is 0.705. The molecule has 1 rings (SSSR count). The predicted octanol–water partition coefficient (Wildman–Crippen LogP) is 1.93. The molecular weight excluding hydrogens is 258 g/mol. The highest BCUT2D eigenvalue weighted by molar-refractivity contribution is 9.10. The standard InChI is InChI=1S/C11H16BrNO2/c1-7-3-9(5-13-8(2)6-14)11(15)10(12)4-7/h3-4,8,13-15H,5-6H2,1-2H3/t8-/m0/s1. The first-order valence-electron chi connectivity index (χ1n) is 4.86. The lowest BCUT2D eigenvalue weighted by Gasteiger charge is -2.13. The first-order chi connectivity index (χ1) is 7.04. The zero-order chi connectivity index (χ0) is 11.4. The second-order valence-corrected chi connectivity index (χ2v) is 4.57. The summed E-state index contributed by atoms with van der Waals surface area (Å²) in [5.74, 6) is 0.262. The van der Waals surface area contributed by atoms with Crippen molar-refractivity contribution in [3.05, 3.63) is 27.7 Å². The van der Waals surface area contributed by atoms with Gasteiger partial charge in [0, 0.05) is 18.2 Å². The molecule has 1 aromatic rings. The molecule has 0 saturated heterocycles. The Morgan fingerprint density at radius 2 is 2.13 bits per heavy atom. The fraction of sp³-hybridized carbons (Fsp3) is 0.455. The van der Waals surface area contributed by atoms with Crippen molar-refractivity contribution >= 4 is 15.9 Å². The highest BCUT2D eigenvalue weighted by Crippen LogP contribution is 2.29. The van der Waals surface area contributed by atoms with E-state index in [2.05, 4.69) is 21.2 Å². The molecule has 0 heterocycles. The topological polar surface area (TPSA) is 52.5 Å². The van der Waals surface area contributed by atoms with E-state index in [-0.39, 0.29) is 18.4 Å². The number of aliphatic hydroxyl groups excluding tert-OH is 1. The molecule has 0 radical (unpaired) electrons. The summed E-state index contributed by atoms with van der Waals surface area (Å²) in [4.78, 5) is 0. The Hall–Kier alpha value is -0.580. The van der Waals surface area contributed by atoms with Crippen molar-refractivity contribution in [1.82, 2.24) is 5.32 Å². The number of halogens is 1. The summed E-state index contributed by atoms with van der Waals surface area (Å²) in [5, 5.41) is 21.7. The summed E-state index contributed by atoms with van der Waals surface area (Å²) in [6, 6.07) is 3.83. The number of aliphatic hydroxyl groups is 1. The van der Waals surface area contributed by atoms with Crippen LogP contribution in [0.5, 0.6) is 5.75 Å². The van der Waals surface area contributed by atoms with Crippen LogP contribution in [-0.4, -0.2) is 22.9 Å². The second-order valence-electron chi connectivity index (χ2n) is 3.72. The number of phenolic OH excluding ortho intramolecular Hbond substituents is 1. The van der Waals surface area contributed by atoms with Gasteiger partial charge in [-0.3, -0.25) is 0 Å². The molecule has 0 aliphatic heterocycles. The predicted molar refractivity (Wildman–Crippen MR) is 63.9 cm³/mol. The van der Waals surface area contributed by atoms with Gasteiger partial charge < -0.3 is 15.5 Å². The molecule has 0 amide bonds. The average molecular weight is 274 g/mol. The Balaban J connectivity index is 2.76. The van der Waals surface area contributed by atoms with Gasteiger partial charge in [0.1, 0.15) is 5.75 Å². The summed E-state index contributed by atoms with van der Waals surface area (Å²) in [6.45, 7) is 4.51. The molecule has 3 nitrogen and oxygen atoms in total. The van der Waals surface area contributed by atoms with Gasteiger partial charge in [0.25, 0.3) is 0 Å². The Kier molecular flexibility index (Phi) is 4.57. The third kappa shape index (κ3) is 3.48. The number of aryl methyl sites for hydroxylation is 1. The van der Waals surface area contributed by atoms with Gasteiger partial charge in [-0.05, 0) is 41.4 Å². The Morgan fingerprint density at radius 3 is 2.73 bits per heavy atom. The summed E-state index contributed by atoms with van der Waals surface area (Å²) in [6.07, 6.45) is 0. The molecule has 0 saturated carbocycles. The SMILES string of the molecule is Cc1cc(Br)c(O)c(CN[C@@H](C)CO)c1. The number of hydrogen-bond acceptors (Lipinski definition) is 3. The minimum Gasteiger partial charge on any atom is -0.506 e. The molecule has 84 valence electrons. The van der Waals surface area contributed by atoms with Gasteiger partial charge >= 0.3 is 0 Å². The molecule has 0 aliphatic rings. The maximum atomic E-state index is 9.76. The highest BCUT2D eigenvalue weighted by atomic mass is 79.9. The van der Waals surface area contributed by atoms with E-state index in [0.717, 1.165) is 11.1 Å². The number of aromatic hydroxyl groups is 1. The van der Waals surface area contributed by atoms with Gasteiger partial charge in [0.15, 0.2) is 0 Å². The number of benzene rings is 1. The summed E-state index contributed by atoms with van der Waals surface area (Å²) in [7, 11) is 0. The van der Waals surface area contributed by atoms with E-state index in [1.54, 1.807) is 0 Å². The van der Waals surface area contributed by atoms with Crippen LogP contribution in [0.2, 0.25) is 0 Å². The number of rotatable bonds is 4. The fourth-order valence-corrected chi connectivity index (χ4v) is 1.91. The molecule has 3 N–H and O–H groups in total. The van der Waals surface area contributed by atoms with Crippen molar-refractivity contribution in [3.63, 3.8) is 0 Å². The molecule has 0 aromatic heterocycles. The lowest BCUT2D eigenvalue weighted by Crippen LogP contribution is -2.28. The van der Waals surface area contributed by atoms with Crippen LogP contribution >= 0.6 is 15.9 Å². The van der Waals surface area contributed by atoms with Crippen molar-refractivity contribution in [3.8, 4) is 5.75 Å². The molecule has 0 spiro atoms. The molecule has 0 bridgehead atoms. The second kappa shape index (κ2) is 5.49. The first-order valence-corrected chi connectivity index (χ1v) is 5.66. The van der Waals surface area contributed by atoms with Crippen molar-refractivity contribution in [2.75, 3.05) is 6.61 Å². The van der Waals surface area contributed by atoms with Crippen molar-refractivity contribution < 1.29 is 10.2 Å². The lowest BCUT2D eigenvalue weighted by molar-refractivity contribution is 0.250. The Labute approximate surface area is 98.3 Å². The maximum Gasteiger partial charge on any atom is 0.134 e. The van der Waals surface area contributed by atoms with Crippen LogP contribution in [0, 0.1) is 6.92 Å². The minimum absolute atomic E-state index is 0.0312. The lowest BCUT2D eigenvalue weighted by atomic mass is 10.1. The van der Waals surface area contributed by atoms with Gasteiger partial charge in [0.2, 0.25) is 0 Å². The maximum absolute atomic E-state index is 9.76. The van der Waals surface area contributed by atoms with Gasteiger partial charge in [0.05, 0.1) is 11.1 Å². The normalized spacial score (nSPS) is 12.8. The summed E-state index contributed by atoms with van der Waals surface area (Å²) in [5.41, 5.74) is 1.93. The third-order valence-electron chi connectivity index (χ3n) is 2.20. The van der Waals surface area contributed by atoms with Gasteiger partial charge in [-0.1, -0.05) is 6.07 Å². The van der Waals surface area contributed by atoms with Crippen LogP contribution < -0.4 is 5.32 Å². The van der Waals surface area contributed by atoms with Gasteiger partial charge in [-0.2, -0.15) is 0 Å². The van der Waals surface area contributed by atoms with Crippen LogP contribution in [0.25, 0.3) is 0 Å². The van der Waals surface area contributed by atoms with E-state index in [4.69, 9.17) is 5.11 Å². The minimum atomic E-state index is 0.0312. The van der Waals surface area contributed by atoms with Gasteiger partial charge in [-0.25, -0.2) is 0 Å².